The number of benzene rings is 1. The Morgan fingerprint density at radius 1 is 1.30 bits per heavy atom. The second-order valence-corrected chi connectivity index (χ2v) is 6.50. The van der Waals surface area contributed by atoms with Gasteiger partial charge >= 0.3 is 0 Å². The fourth-order valence-electron chi connectivity index (χ4n) is 2.72. The highest BCUT2D eigenvalue weighted by molar-refractivity contribution is 7.98. The maximum Gasteiger partial charge on any atom is 0.233 e. The predicted molar refractivity (Wildman–Crippen MR) is 95.8 cm³/mol. The summed E-state index contributed by atoms with van der Waals surface area (Å²) in [6.45, 7) is 1.43. The molecule has 3 rings (SSSR count). The molecule has 2 aromatic rings. The molecule has 1 aromatic heterocycles. The minimum absolute atomic E-state index is 0.284. The van der Waals surface area contributed by atoms with Crippen molar-refractivity contribution in [2.45, 2.75) is 19.0 Å². The molecule has 4 nitrogen and oxygen atoms in total. The lowest BCUT2D eigenvalue weighted by molar-refractivity contribution is 0.314. The van der Waals surface area contributed by atoms with E-state index in [9.17, 15) is 0 Å². The maximum absolute atomic E-state index is 5.83. The quantitative estimate of drug-likeness (QED) is 0.780. The summed E-state index contributed by atoms with van der Waals surface area (Å²) in [4.78, 5) is 4.74. The number of rotatable bonds is 7. The molecule has 0 saturated carbocycles. The van der Waals surface area contributed by atoms with E-state index in [0.717, 1.165) is 41.6 Å². The van der Waals surface area contributed by atoms with E-state index in [1.54, 1.807) is 7.11 Å². The lowest BCUT2D eigenvalue weighted by Crippen LogP contribution is -2.11. The Hall–Kier alpha value is -1.88. The molecule has 0 bridgehead atoms. The second kappa shape index (κ2) is 7.59. The summed E-state index contributed by atoms with van der Waals surface area (Å²) in [6.07, 6.45) is 5.25. The summed E-state index contributed by atoms with van der Waals surface area (Å²) in [5, 5.41) is 0. The Morgan fingerprint density at radius 3 is 3.00 bits per heavy atom. The number of hydrogen-bond acceptors (Lipinski definition) is 4. The molecule has 0 unspecified atom stereocenters. The normalized spacial score (nSPS) is 17.0. The first-order valence-corrected chi connectivity index (χ1v) is 9.18. The predicted octanol–water partition coefficient (Wildman–Crippen LogP) is 3.44. The minimum Gasteiger partial charge on any atom is -0.496 e. The number of hydrogen-bond donors (Lipinski definition) is 0. The molecule has 2 heterocycles. The van der Waals surface area contributed by atoms with Crippen LogP contribution in [-0.4, -0.2) is 42.2 Å². The van der Waals surface area contributed by atoms with Gasteiger partial charge < -0.3 is 14.0 Å². The first-order chi connectivity index (χ1) is 11.3. The van der Waals surface area contributed by atoms with Crippen molar-refractivity contribution < 1.29 is 9.47 Å². The molecular formula is C18H22N2O2S. The Bertz CT molecular complexity index is 681. The number of para-hydroxylation sites is 1. The van der Waals surface area contributed by atoms with Gasteiger partial charge in [-0.1, -0.05) is 18.2 Å². The Labute approximate surface area is 141 Å². The molecule has 1 aliphatic rings. The fourth-order valence-corrected chi connectivity index (χ4v) is 3.23. The minimum atomic E-state index is 0.284. The van der Waals surface area contributed by atoms with Gasteiger partial charge in [-0.05, 0) is 36.6 Å². The van der Waals surface area contributed by atoms with Gasteiger partial charge in [0.05, 0.1) is 19.7 Å². The first-order valence-electron chi connectivity index (χ1n) is 7.78. The van der Waals surface area contributed by atoms with Crippen LogP contribution in [0.2, 0.25) is 0 Å². The largest absolute Gasteiger partial charge is 0.496 e. The van der Waals surface area contributed by atoms with Crippen LogP contribution in [0.15, 0.2) is 47.6 Å². The van der Waals surface area contributed by atoms with E-state index in [2.05, 4.69) is 29.2 Å². The third-order valence-corrected chi connectivity index (χ3v) is 4.59. The standard InChI is InChI=1S/C18H22N2O2S/c1-21-17-8-4-3-6-14(17)12-20-10-5-7-16(20)18-19-15(13-22-18)9-11-23-2/h3-8,10,15H,9,11-13H2,1-2H3/t15-/m1/s1. The Balaban J connectivity index is 1.78. The maximum atomic E-state index is 5.83. The molecule has 0 amide bonds. The van der Waals surface area contributed by atoms with Crippen LogP contribution in [0, 0.1) is 0 Å². The Kier molecular flexibility index (Phi) is 5.28. The third kappa shape index (κ3) is 3.72. The molecule has 0 spiro atoms. The van der Waals surface area contributed by atoms with Gasteiger partial charge in [0.2, 0.25) is 5.90 Å². The lowest BCUT2D eigenvalue weighted by atomic mass is 10.2. The van der Waals surface area contributed by atoms with Crippen molar-refractivity contribution in [3.8, 4) is 5.75 Å². The van der Waals surface area contributed by atoms with Crippen molar-refractivity contribution >= 4 is 17.7 Å². The van der Waals surface area contributed by atoms with Crippen molar-refractivity contribution in [1.82, 2.24) is 4.57 Å². The fraction of sp³-hybridized carbons (Fsp3) is 0.389. The molecule has 0 radical (unpaired) electrons. The van der Waals surface area contributed by atoms with Crippen LogP contribution in [0.4, 0.5) is 0 Å². The van der Waals surface area contributed by atoms with Crippen LogP contribution in [0.1, 0.15) is 17.7 Å². The average molecular weight is 330 g/mol. The van der Waals surface area contributed by atoms with Gasteiger partial charge in [-0.3, -0.25) is 0 Å². The highest BCUT2D eigenvalue weighted by Crippen LogP contribution is 2.21. The molecule has 1 aliphatic heterocycles. The summed E-state index contributed by atoms with van der Waals surface area (Å²) in [7, 11) is 1.70. The third-order valence-electron chi connectivity index (χ3n) is 3.95. The highest BCUT2D eigenvalue weighted by atomic mass is 32.2. The van der Waals surface area contributed by atoms with Crippen LogP contribution in [-0.2, 0) is 11.3 Å². The molecule has 1 aromatic carbocycles. The van der Waals surface area contributed by atoms with Gasteiger partial charge in [-0.15, -0.1) is 0 Å². The number of aliphatic imine (C=N–C) groups is 1. The molecule has 23 heavy (non-hydrogen) atoms. The zero-order valence-corrected chi connectivity index (χ0v) is 14.4. The average Bonchev–Trinajstić information content (AvgIpc) is 3.22. The molecule has 5 heteroatoms. The van der Waals surface area contributed by atoms with Crippen molar-refractivity contribution in [2.75, 3.05) is 25.7 Å². The topological polar surface area (TPSA) is 35.8 Å². The van der Waals surface area contributed by atoms with Gasteiger partial charge in [-0.25, -0.2) is 4.99 Å². The molecule has 0 fully saturated rings. The van der Waals surface area contributed by atoms with E-state index in [4.69, 9.17) is 14.5 Å². The van der Waals surface area contributed by atoms with Gasteiger partial charge in [-0.2, -0.15) is 11.8 Å². The van der Waals surface area contributed by atoms with E-state index >= 15 is 0 Å². The van der Waals surface area contributed by atoms with E-state index in [1.807, 2.05) is 36.0 Å². The van der Waals surface area contributed by atoms with Crippen LogP contribution in [0.5, 0.6) is 5.75 Å². The number of nitrogens with zero attached hydrogens (tertiary/aromatic N) is 2. The first kappa shape index (κ1) is 16.0. The van der Waals surface area contributed by atoms with Crippen molar-refractivity contribution in [1.29, 1.82) is 0 Å². The van der Waals surface area contributed by atoms with Crippen molar-refractivity contribution in [3.05, 3.63) is 53.9 Å². The van der Waals surface area contributed by atoms with Crippen LogP contribution >= 0.6 is 11.8 Å². The monoisotopic (exact) mass is 330 g/mol. The zero-order chi connectivity index (χ0) is 16.1. The molecule has 1 atom stereocenters. The zero-order valence-electron chi connectivity index (χ0n) is 13.6. The van der Waals surface area contributed by atoms with Crippen molar-refractivity contribution in [3.63, 3.8) is 0 Å². The number of methoxy groups -OCH3 is 1. The van der Waals surface area contributed by atoms with Crippen LogP contribution < -0.4 is 4.74 Å². The lowest BCUT2D eigenvalue weighted by Gasteiger charge is -2.12. The number of aromatic nitrogens is 1. The summed E-state index contributed by atoms with van der Waals surface area (Å²) < 4.78 is 13.4. The van der Waals surface area contributed by atoms with E-state index in [1.165, 1.54) is 0 Å². The van der Waals surface area contributed by atoms with E-state index in [0.29, 0.717) is 6.61 Å². The highest BCUT2D eigenvalue weighted by Gasteiger charge is 2.22. The smallest absolute Gasteiger partial charge is 0.233 e. The van der Waals surface area contributed by atoms with Gasteiger partial charge in [0, 0.05) is 11.8 Å². The summed E-state index contributed by atoms with van der Waals surface area (Å²) in [5.41, 5.74) is 2.17. The molecule has 0 N–H and O–H groups in total. The number of ether oxygens (including phenoxy) is 2. The summed E-state index contributed by atoms with van der Waals surface area (Å²) >= 11 is 1.85. The van der Waals surface area contributed by atoms with Crippen LogP contribution in [0.25, 0.3) is 0 Å². The van der Waals surface area contributed by atoms with Gasteiger partial charge in [0.15, 0.2) is 0 Å². The van der Waals surface area contributed by atoms with Crippen molar-refractivity contribution in [2.24, 2.45) is 4.99 Å². The van der Waals surface area contributed by atoms with Gasteiger partial charge in [0.1, 0.15) is 18.1 Å². The van der Waals surface area contributed by atoms with Crippen LogP contribution in [0.3, 0.4) is 0 Å². The molecule has 0 saturated heterocycles. The molecular weight excluding hydrogens is 308 g/mol. The van der Waals surface area contributed by atoms with Gasteiger partial charge in [0.25, 0.3) is 0 Å². The summed E-state index contributed by atoms with van der Waals surface area (Å²) in [6, 6.07) is 12.5. The SMILES string of the molecule is COc1ccccc1Cn1cccc1C1=N[C@H](CCSC)CO1. The second-order valence-electron chi connectivity index (χ2n) is 5.51. The number of thioether (sulfide) groups is 1. The summed E-state index contributed by atoms with van der Waals surface area (Å²) in [5.74, 6) is 2.78. The molecule has 0 aliphatic carbocycles. The molecule has 122 valence electrons. The van der Waals surface area contributed by atoms with E-state index in [-0.39, 0.29) is 6.04 Å². The Morgan fingerprint density at radius 2 is 2.17 bits per heavy atom. The van der Waals surface area contributed by atoms with E-state index < -0.39 is 0 Å².